The van der Waals surface area contributed by atoms with E-state index in [4.69, 9.17) is 9.47 Å². The van der Waals surface area contributed by atoms with Gasteiger partial charge in [-0.25, -0.2) is 0 Å². The molecular weight excluding hydrogens is 310 g/mol. The summed E-state index contributed by atoms with van der Waals surface area (Å²) in [6.45, 7) is 1.80. The van der Waals surface area contributed by atoms with E-state index in [1.165, 1.54) is 0 Å². The van der Waals surface area contributed by atoms with Gasteiger partial charge in [0.05, 0.1) is 20.3 Å². The Morgan fingerprint density at radius 2 is 1.96 bits per heavy atom. The van der Waals surface area contributed by atoms with E-state index < -0.39 is 0 Å². The zero-order valence-corrected chi connectivity index (χ0v) is 14.3. The van der Waals surface area contributed by atoms with Gasteiger partial charge in [0.2, 0.25) is 0 Å². The van der Waals surface area contributed by atoms with E-state index in [2.05, 4.69) is 10.6 Å². The van der Waals surface area contributed by atoms with Crippen LogP contribution in [0, 0.1) is 0 Å². The van der Waals surface area contributed by atoms with Gasteiger partial charge in [-0.15, -0.1) is 0 Å². The van der Waals surface area contributed by atoms with Crippen molar-refractivity contribution in [3.63, 3.8) is 0 Å². The van der Waals surface area contributed by atoms with Gasteiger partial charge in [0.25, 0.3) is 11.8 Å². The number of quaternary nitrogens is 1. The first-order chi connectivity index (χ1) is 11.6. The number of amides is 2. The predicted molar refractivity (Wildman–Crippen MR) is 90.2 cm³/mol. The van der Waals surface area contributed by atoms with Crippen molar-refractivity contribution in [2.24, 2.45) is 0 Å². The van der Waals surface area contributed by atoms with Gasteiger partial charge in [-0.1, -0.05) is 0 Å². The van der Waals surface area contributed by atoms with Crippen molar-refractivity contribution in [3.8, 4) is 5.75 Å². The number of ether oxygens (including phenoxy) is 2. The summed E-state index contributed by atoms with van der Waals surface area (Å²) in [6, 6.07) is 7.12. The number of carbonyl (C=O) groups excluding carboxylic acids is 2. The highest BCUT2D eigenvalue weighted by Gasteiger charge is 2.18. The molecule has 1 aliphatic heterocycles. The Hall–Kier alpha value is -2.12. The monoisotopic (exact) mass is 336 g/mol. The molecule has 0 aliphatic carbocycles. The number of likely N-dealkylation sites (N-methyl/N-ethyl adjacent to an activating group) is 1. The fraction of sp³-hybridized carbons (Fsp3) is 0.529. The van der Waals surface area contributed by atoms with Gasteiger partial charge in [-0.2, -0.15) is 0 Å². The Morgan fingerprint density at radius 3 is 2.58 bits per heavy atom. The van der Waals surface area contributed by atoms with E-state index >= 15 is 0 Å². The van der Waals surface area contributed by atoms with E-state index in [9.17, 15) is 9.59 Å². The molecule has 0 saturated carbocycles. The van der Waals surface area contributed by atoms with Gasteiger partial charge in [0.15, 0.2) is 13.1 Å². The molecule has 1 saturated heterocycles. The Balaban J connectivity index is 1.67. The maximum absolute atomic E-state index is 12.0. The minimum absolute atomic E-state index is 0.0692. The Bertz CT molecular complexity index is 541. The molecule has 7 nitrogen and oxygen atoms in total. The minimum atomic E-state index is -0.135. The molecule has 24 heavy (non-hydrogen) atoms. The van der Waals surface area contributed by atoms with Gasteiger partial charge < -0.3 is 25.0 Å². The number of hydrogen-bond acceptors (Lipinski definition) is 4. The van der Waals surface area contributed by atoms with Crippen molar-refractivity contribution < 1.29 is 24.0 Å². The van der Waals surface area contributed by atoms with E-state index in [1.54, 1.807) is 31.4 Å². The number of carbonyl (C=O) groups is 2. The first-order valence-corrected chi connectivity index (χ1v) is 8.20. The van der Waals surface area contributed by atoms with Crippen LogP contribution in [-0.2, 0) is 14.3 Å². The van der Waals surface area contributed by atoms with Crippen LogP contribution in [0.25, 0.3) is 0 Å². The zero-order chi connectivity index (χ0) is 17.4. The molecule has 0 bridgehead atoms. The molecular formula is C17H26N3O4+. The van der Waals surface area contributed by atoms with Crippen LogP contribution in [0.15, 0.2) is 24.3 Å². The molecule has 7 heteroatoms. The van der Waals surface area contributed by atoms with Crippen LogP contribution < -0.4 is 20.3 Å². The van der Waals surface area contributed by atoms with Crippen LogP contribution in [0.4, 0.5) is 5.69 Å². The lowest BCUT2D eigenvalue weighted by Gasteiger charge is -2.15. The molecule has 1 aromatic carbocycles. The lowest BCUT2D eigenvalue weighted by Crippen LogP contribution is -3.11. The molecule has 2 atom stereocenters. The summed E-state index contributed by atoms with van der Waals surface area (Å²) in [7, 11) is 3.41. The molecule has 2 amide bonds. The topological polar surface area (TPSA) is 81.1 Å². The summed E-state index contributed by atoms with van der Waals surface area (Å²) in [5.41, 5.74) is 0.705. The van der Waals surface area contributed by atoms with Gasteiger partial charge in [-0.05, 0) is 37.1 Å². The van der Waals surface area contributed by atoms with Crippen LogP contribution in [0.2, 0.25) is 0 Å². The third-order valence-corrected chi connectivity index (χ3v) is 3.85. The minimum Gasteiger partial charge on any atom is -0.497 e. The summed E-state index contributed by atoms with van der Waals surface area (Å²) < 4.78 is 10.5. The zero-order valence-electron chi connectivity index (χ0n) is 14.3. The predicted octanol–water partition coefficient (Wildman–Crippen LogP) is -0.556. The normalized spacial score (nSPS) is 18.0. The smallest absolute Gasteiger partial charge is 0.279 e. The summed E-state index contributed by atoms with van der Waals surface area (Å²) in [5, 5.41) is 5.67. The Labute approximate surface area is 142 Å². The lowest BCUT2D eigenvalue weighted by molar-refractivity contribution is -0.862. The first-order valence-electron chi connectivity index (χ1n) is 8.20. The second-order valence-electron chi connectivity index (χ2n) is 6.03. The summed E-state index contributed by atoms with van der Waals surface area (Å²) in [5.74, 6) is 0.531. The fourth-order valence-corrected chi connectivity index (χ4v) is 2.59. The summed E-state index contributed by atoms with van der Waals surface area (Å²) in [4.78, 5) is 24.7. The van der Waals surface area contributed by atoms with E-state index in [1.807, 2.05) is 7.05 Å². The summed E-state index contributed by atoms with van der Waals surface area (Å²) in [6.07, 6.45) is 2.18. The average Bonchev–Trinajstić information content (AvgIpc) is 3.07. The SMILES string of the molecule is COc1ccc(NC(=O)C[NH+](C)CC(=O)NC[C@H]2CCCO2)cc1. The molecule has 2 rings (SSSR count). The number of hydrogen-bond donors (Lipinski definition) is 3. The van der Waals surface area contributed by atoms with Gasteiger partial charge in [0.1, 0.15) is 5.75 Å². The molecule has 1 aliphatic rings. The largest absolute Gasteiger partial charge is 0.497 e. The molecule has 1 aromatic rings. The number of methoxy groups -OCH3 is 1. The standard InChI is InChI=1S/C17H25N3O4/c1-20(11-16(21)18-10-15-4-3-9-24-15)12-17(22)19-13-5-7-14(23-2)8-6-13/h5-8,15H,3-4,9-12H2,1-2H3,(H,18,21)(H,19,22)/p+1/t15-/m1/s1. The van der Waals surface area contributed by atoms with Crippen molar-refractivity contribution in [2.45, 2.75) is 18.9 Å². The van der Waals surface area contributed by atoms with Crippen LogP contribution in [0.5, 0.6) is 5.75 Å². The van der Waals surface area contributed by atoms with Crippen LogP contribution in [0.3, 0.4) is 0 Å². The molecule has 132 valence electrons. The molecule has 3 N–H and O–H groups in total. The Kier molecular flexibility index (Phi) is 7.02. The number of benzene rings is 1. The highest BCUT2D eigenvalue weighted by atomic mass is 16.5. The van der Waals surface area contributed by atoms with E-state index in [0.717, 1.165) is 30.1 Å². The number of anilines is 1. The van der Waals surface area contributed by atoms with Crippen molar-refractivity contribution in [1.82, 2.24) is 5.32 Å². The highest BCUT2D eigenvalue weighted by molar-refractivity contribution is 5.91. The van der Waals surface area contributed by atoms with Crippen LogP contribution >= 0.6 is 0 Å². The van der Waals surface area contributed by atoms with Crippen molar-refractivity contribution in [2.75, 3.05) is 45.7 Å². The number of nitrogens with one attached hydrogen (secondary N) is 3. The Morgan fingerprint density at radius 1 is 1.25 bits per heavy atom. The third kappa shape index (κ3) is 6.17. The lowest BCUT2D eigenvalue weighted by atomic mass is 10.2. The van der Waals surface area contributed by atoms with Crippen LogP contribution in [0.1, 0.15) is 12.8 Å². The molecule has 1 fully saturated rings. The molecule has 1 unspecified atom stereocenters. The van der Waals surface area contributed by atoms with Gasteiger partial charge in [-0.3, -0.25) is 9.59 Å². The van der Waals surface area contributed by atoms with Crippen molar-refractivity contribution in [3.05, 3.63) is 24.3 Å². The second-order valence-corrected chi connectivity index (χ2v) is 6.03. The summed E-state index contributed by atoms with van der Waals surface area (Å²) >= 11 is 0. The molecule has 0 aromatic heterocycles. The quantitative estimate of drug-likeness (QED) is 0.595. The average molecular weight is 336 g/mol. The van der Waals surface area contributed by atoms with E-state index in [0.29, 0.717) is 12.2 Å². The van der Waals surface area contributed by atoms with Crippen LogP contribution in [-0.4, -0.2) is 58.3 Å². The molecule has 0 spiro atoms. The maximum Gasteiger partial charge on any atom is 0.279 e. The second kappa shape index (κ2) is 9.24. The molecule has 1 heterocycles. The fourth-order valence-electron chi connectivity index (χ4n) is 2.59. The van der Waals surface area contributed by atoms with Crippen molar-refractivity contribution in [1.29, 1.82) is 0 Å². The van der Waals surface area contributed by atoms with Gasteiger partial charge >= 0.3 is 0 Å². The highest BCUT2D eigenvalue weighted by Crippen LogP contribution is 2.14. The maximum atomic E-state index is 12.0. The number of rotatable bonds is 8. The third-order valence-electron chi connectivity index (χ3n) is 3.85. The van der Waals surface area contributed by atoms with E-state index in [-0.39, 0.29) is 31.0 Å². The molecule has 0 radical (unpaired) electrons. The first kappa shape index (κ1) is 18.2. The van der Waals surface area contributed by atoms with Crippen molar-refractivity contribution >= 4 is 17.5 Å². The van der Waals surface area contributed by atoms with Gasteiger partial charge in [0, 0.05) is 18.8 Å².